The summed E-state index contributed by atoms with van der Waals surface area (Å²) in [5.74, 6) is 0. The normalized spacial score (nSPS) is 12.1. The minimum atomic E-state index is 0.162. The molecule has 0 aliphatic heterocycles. The summed E-state index contributed by atoms with van der Waals surface area (Å²) in [5.41, 5.74) is 1.24. The van der Waals surface area contributed by atoms with Gasteiger partial charge >= 0.3 is 0 Å². The summed E-state index contributed by atoms with van der Waals surface area (Å²) >= 11 is 0. The van der Waals surface area contributed by atoms with Gasteiger partial charge < -0.3 is 4.90 Å². The van der Waals surface area contributed by atoms with Crippen molar-refractivity contribution in [2.75, 3.05) is 7.05 Å². The SMILES string of the molecule is C=C(/C=C\CC)N(C)C(C)(C)C. The van der Waals surface area contributed by atoms with E-state index in [1.165, 1.54) is 0 Å². The Balaban J connectivity index is 4.21. The molecule has 12 heavy (non-hydrogen) atoms. The molecule has 70 valence electrons. The van der Waals surface area contributed by atoms with Crippen molar-refractivity contribution in [2.24, 2.45) is 0 Å². The van der Waals surface area contributed by atoms with Crippen LogP contribution < -0.4 is 0 Å². The molecular weight excluding hydrogens is 146 g/mol. The van der Waals surface area contributed by atoms with Gasteiger partial charge in [-0.3, -0.25) is 0 Å². The van der Waals surface area contributed by atoms with Crippen molar-refractivity contribution in [2.45, 2.75) is 39.7 Å². The van der Waals surface area contributed by atoms with Gasteiger partial charge in [0.05, 0.1) is 0 Å². The smallest absolute Gasteiger partial charge is 0.0314 e. The first-order valence-electron chi connectivity index (χ1n) is 4.49. The van der Waals surface area contributed by atoms with Crippen molar-refractivity contribution in [3.63, 3.8) is 0 Å². The third-order valence-electron chi connectivity index (χ3n) is 1.98. The lowest BCUT2D eigenvalue weighted by Crippen LogP contribution is -2.36. The Morgan fingerprint density at radius 1 is 1.42 bits per heavy atom. The molecule has 0 bridgehead atoms. The predicted molar refractivity (Wildman–Crippen MR) is 56.1 cm³/mol. The van der Waals surface area contributed by atoms with Gasteiger partial charge in [-0.1, -0.05) is 19.6 Å². The summed E-state index contributed by atoms with van der Waals surface area (Å²) in [4.78, 5) is 2.18. The van der Waals surface area contributed by atoms with Crippen LogP contribution in [0.3, 0.4) is 0 Å². The second-order valence-corrected chi connectivity index (χ2v) is 4.03. The summed E-state index contributed by atoms with van der Waals surface area (Å²) in [6.07, 6.45) is 5.27. The number of hydrogen-bond donors (Lipinski definition) is 0. The van der Waals surface area contributed by atoms with Crippen molar-refractivity contribution in [1.29, 1.82) is 0 Å². The predicted octanol–water partition coefficient (Wildman–Crippen LogP) is 3.20. The lowest BCUT2D eigenvalue weighted by molar-refractivity contribution is 0.235. The first-order chi connectivity index (χ1) is 5.39. The molecule has 0 aromatic rings. The fourth-order valence-corrected chi connectivity index (χ4v) is 0.797. The number of hydrogen-bond acceptors (Lipinski definition) is 1. The Bertz CT molecular complexity index is 172. The maximum absolute atomic E-state index is 4.00. The molecule has 0 saturated carbocycles. The fraction of sp³-hybridized carbons (Fsp3) is 0.636. The summed E-state index contributed by atoms with van der Waals surface area (Å²) in [6.45, 7) is 12.7. The van der Waals surface area contributed by atoms with Crippen molar-refractivity contribution in [3.8, 4) is 0 Å². The van der Waals surface area contributed by atoms with E-state index in [1.807, 2.05) is 0 Å². The average molecular weight is 167 g/mol. The van der Waals surface area contributed by atoms with Gasteiger partial charge in [-0.25, -0.2) is 0 Å². The lowest BCUT2D eigenvalue weighted by Gasteiger charge is -2.34. The Hall–Kier alpha value is -0.720. The van der Waals surface area contributed by atoms with E-state index < -0.39 is 0 Å². The number of rotatable bonds is 3. The van der Waals surface area contributed by atoms with Crippen LogP contribution in [0.15, 0.2) is 24.4 Å². The maximum Gasteiger partial charge on any atom is 0.0314 e. The van der Waals surface area contributed by atoms with Crippen LogP contribution in [0.5, 0.6) is 0 Å². The molecule has 0 unspecified atom stereocenters. The van der Waals surface area contributed by atoms with E-state index in [4.69, 9.17) is 0 Å². The fourth-order valence-electron chi connectivity index (χ4n) is 0.797. The van der Waals surface area contributed by atoms with Crippen LogP contribution in [-0.4, -0.2) is 17.5 Å². The van der Waals surface area contributed by atoms with Gasteiger partial charge in [0, 0.05) is 18.3 Å². The highest BCUT2D eigenvalue weighted by molar-refractivity contribution is 5.14. The van der Waals surface area contributed by atoms with Gasteiger partial charge in [0.2, 0.25) is 0 Å². The van der Waals surface area contributed by atoms with E-state index in [9.17, 15) is 0 Å². The van der Waals surface area contributed by atoms with E-state index in [2.05, 4.69) is 58.4 Å². The second-order valence-electron chi connectivity index (χ2n) is 4.03. The van der Waals surface area contributed by atoms with Gasteiger partial charge in [-0.05, 0) is 33.3 Å². The van der Waals surface area contributed by atoms with Crippen molar-refractivity contribution in [3.05, 3.63) is 24.4 Å². The third-order valence-corrected chi connectivity index (χ3v) is 1.98. The van der Waals surface area contributed by atoms with E-state index in [-0.39, 0.29) is 5.54 Å². The molecule has 1 heteroatoms. The molecule has 0 fully saturated rings. The molecule has 0 N–H and O–H groups in total. The lowest BCUT2D eigenvalue weighted by atomic mass is 10.1. The zero-order chi connectivity index (χ0) is 9.78. The largest absolute Gasteiger partial charge is 0.370 e. The number of allylic oxidation sites excluding steroid dienone is 2. The van der Waals surface area contributed by atoms with E-state index in [0.717, 1.165) is 12.1 Å². The highest BCUT2D eigenvalue weighted by Crippen LogP contribution is 2.16. The van der Waals surface area contributed by atoms with Crippen LogP contribution in [0.2, 0.25) is 0 Å². The second kappa shape index (κ2) is 4.34. The zero-order valence-electron chi connectivity index (χ0n) is 9.02. The Morgan fingerprint density at radius 3 is 2.25 bits per heavy atom. The van der Waals surface area contributed by atoms with E-state index in [0.29, 0.717) is 0 Å². The summed E-state index contributed by atoms with van der Waals surface area (Å²) in [5, 5.41) is 0. The topological polar surface area (TPSA) is 3.24 Å². The molecule has 0 rings (SSSR count). The van der Waals surface area contributed by atoms with Gasteiger partial charge in [0.15, 0.2) is 0 Å². The molecule has 0 spiro atoms. The molecule has 1 nitrogen and oxygen atoms in total. The average Bonchev–Trinajstić information content (AvgIpc) is 1.97. The Morgan fingerprint density at radius 2 is 1.92 bits per heavy atom. The Labute approximate surface area is 76.8 Å². The monoisotopic (exact) mass is 167 g/mol. The first kappa shape index (κ1) is 11.3. The van der Waals surface area contributed by atoms with E-state index in [1.54, 1.807) is 0 Å². The maximum atomic E-state index is 4.00. The highest BCUT2D eigenvalue weighted by Gasteiger charge is 2.16. The van der Waals surface area contributed by atoms with Gasteiger partial charge in [-0.15, -0.1) is 0 Å². The van der Waals surface area contributed by atoms with Crippen LogP contribution in [0.1, 0.15) is 34.1 Å². The van der Waals surface area contributed by atoms with E-state index >= 15 is 0 Å². The molecule has 0 saturated heterocycles. The summed E-state index contributed by atoms with van der Waals surface area (Å²) < 4.78 is 0. The highest BCUT2D eigenvalue weighted by atomic mass is 15.2. The molecule has 0 heterocycles. The molecule has 0 aliphatic carbocycles. The quantitative estimate of drug-likeness (QED) is 0.583. The minimum absolute atomic E-state index is 0.162. The Kier molecular flexibility index (Phi) is 4.08. The van der Waals surface area contributed by atoms with Crippen LogP contribution >= 0.6 is 0 Å². The van der Waals surface area contributed by atoms with Crippen molar-refractivity contribution >= 4 is 0 Å². The molecule has 0 atom stereocenters. The van der Waals surface area contributed by atoms with Crippen LogP contribution in [0, 0.1) is 0 Å². The van der Waals surface area contributed by atoms with Gasteiger partial charge in [0.25, 0.3) is 0 Å². The zero-order valence-corrected chi connectivity index (χ0v) is 9.02. The van der Waals surface area contributed by atoms with Crippen molar-refractivity contribution in [1.82, 2.24) is 4.90 Å². The van der Waals surface area contributed by atoms with Crippen LogP contribution in [0.25, 0.3) is 0 Å². The molecule has 0 amide bonds. The van der Waals surface area contributed by atoms with Crippen molar-refractivity contribution < 1.29 is 0 Å². The molecule has 0 aromatic carbocycles. The molecule has 0 aromatic heterocycles. The number of likely N-dealkylation sites (N-methyl/N-ethyl adjacent to an activating group) is 1. The first-order valence-corrected chi connectivity index (χ1v) is 4.49. The van der Waals surface area contributed by atoms with Gasteiger partial charge in [-0.2, -0.15) is 0 Å². The molecule has 0 aliphatic rings. The molecular formula is C11H21N. The van der Waals surface area contributed by atoms with Gasteiger partial charge in [0.1, 0.15) is 0 Å². The standard InChI is InChI=1S/C11H21N/c1-7-8-9-10(2)12(6)11(3,4)5/h8-9H,2,7H2,1,3-6H3/b9-8-. The minimum Gasteiger partial charge on any atom is -0.370 e. The number of nitrogens with zero attached hydrogens (tertiary/aromatic N) is 1. The molecule has 0 radical (unpaired) electrons. The summed E-state index contributed by atoms with van der Waals surface area (Å²) in [7, 11) is 2.07. The third kappa shape index (κ3) is 3.61. The van der Waals surface area contributed by atoms with Crippen LogP contribution in [0.4, 0.5) is 0 Å². The van der Waals surface area contributed by atoms with Crippen LogP contribution in [-0.2, 0) is 0 Å². The summed E-state index contributed by atoms with van der Waals surface area (Å²) in [6, 6.07) is 0.